The molecule has 0 aliphatic carbocycles. The van der Waals surface area contributed by atoms with Crippen LogP contribution in [0.25, 0.3) is 22.3 Å². The fourth-order valence-corrected chi connectivity index (χ4v) is 4.43. The topological polar surface area (TPSA) is 115 Å². The van der Waals surface area contributed by atoms with E-state index in [1.54, 1.807) is 35.0 Å². The molecular weight excluding hydrogens is 443 g/mol. The Hall–Kier alpha value is -2.79. The summed E-state index contributed by atoms with van der Waals surface area (Å²) in [5.74, 6) is -0.623. The Morgan fingerprint density at radius 2 is 2.00 bits per heavy atom. The lowest BCUT2D eigenvalue weighted by molar-refractivity contribution is -0.184. The van der Waals surface area contributed by atoms with Crippen LogP contribution in [0.1, 0.15) is 11.1 Å². The smallest absolute Gasteiger partial charge is 0.173 e. The van der Waals surface area contributed by atoms with E-state index >= 15 is 4.39 Å². The van der Waals surface area contributed by atoms with Crippen molar-refractivity contribution >= 4 is 24.9 Å². The van der Waals surface area contributed by atoms with Gasteiger partial charge in [-0.1, -0.05) is 49.1 Å². The number of amidine groups is 1. The minimum Gasteiger partial charge on any atom is -0.409 e. The van der Waals surface area contributed by atoms with E-state index in [2.05, 4.69) is 29.8 Å². The number of oxime groups is 1. The standard InChI is InChI=1S/C23H29FN4O4Si/c1-33(2,3)9-8-31-14-28-11-17(22(25)27-30)21-19(28)10-18(24)20(26-21)15-4-6-16(7-5-15)23(29)12-32-13-23/h4-7,10-11,29-30H,8-9,12-14H2,1-3H3,(H2,25,27). The second-order valence-electron chi connectivity index (χ2n) is 9.63. The zero-order chi connectivity index (χ0) is 23.8. The molecule has 0 spiro atoms. The van der Waals surface area contributed by atoms with Crippen LogP contribution in [-0.4, -0.2) is 53.6 Å². The second kappa shape index (κ2) is 8.86. The van der Waals surface area contributed by atoms with E-state index in [1.807, 2.05) is 0 Å². The number of aliphatic hydroxyl groups is 1. The van der Waals surface area contributed by atoms with Crippen molar-refractivity contribution in [3.63, 3.8) is 0 Å². The van der Waals surface area contributed by atoms with Crippen LogP contribution >= 0.6 is 0 Å². The zero-order valence-corrected chi connectivity index (χ0v) is 20.0. The Bertz CT molecular complexity index is 1180. The van der Waals surface area contributed by atoms with Crippen LogP contribution in [-0.2, 0) is 21.8 Å². The predicted octanol–water partition coefficient (Wildman–Crippen LogP) is 3.47. The van der Waals surface area contributed by atoms with Crippen LogP contribution in [0.2, 0.25) is 25.7 Å². The number of ether oxygens (including phenoxy) is 2. The quantitative estimate of drug-likeness (QED) is 0.115. The number of nitrogens with two attached hydrogens (primary N) is 1. The van der Waals surface area contributed by atoms with Gasteiger partial charge in [-0.15, -0.1) is 0 Å². The molecule has 8 nitrogen and oxygen atoms in total. The number of hydrogen-bond donors (Lipinski definition) is 3. The highest BCUT2D eigenvalue weighted by Crippen LogP contribution is 2.32. The van der Waals surface area contributed by atoms with Crippen molar-refractivity contribution in [2.75, 3.05) is 19.8 Å². The van der Waals surface area contributed by atoms with E-state index < -0.39 is 19.5 Å². The Balaban J connectivity index is 1.67. The first-order valence-corrected chi connectivity index (χ1v) is 14.5. The van der Waals surface area contributed by atoms with Gasteiger partial charge in [0.05, 0.1) is 24.3 Å². The Kier molecular flexibility index (Phi) is 6.28. The number of pyridine rings is 1. The first-order chi connectivity index (χ1) is 15.6. The van der Waals surface area contributed by atoms with Crippen molar-refractivity contribution in [2.24, 2.45) is 10.9 Å². The van der Waals surface area contributed by atoms with Gasteiger partial charge in [-0.05, 0) is 11.6 Å². The van der Waals surface area contributed by atoms with Gasteiger partial charge in [0.1, 0.15) is 23.5 Å². The molecule has 2 aromatic heterocycles. The van der Waals surface area contributed by atoms with Gasteiger partial charge in [0.15, 0.2) is 11.7 Å². The van der Waals surface area contributed by atoms with Gasteiger partial charge < -0.3 is 30.1 Å². The first-order valence-electron chi connectivity index (χ1n) is 10.8. The summed E-state index contributed by atoms with van der Waals surface area (Å²) in [5, 5.41) is 22.8. The summed E-state index contributed by atoms with van der Waals surface area (Å²) in [6.45, 7) is 8.09. The molecule has 4 rings (SSSR count). The number of benzene rings is 1. The normalized spacial score (nSPS) is 16.2. The number of nitrogens with zero attached hydrogens (tertiary/aromatic N) is 3. The van der Waals surface area contributed by atoms with E-state index in [0.29, 0.717) is 34.3 Å². The highest BCUT2D eigenvalue weighted by Gasteiger charge is 2.37. The van der Waals surface area contributed by atoms with Gasteiger partial charge in [-0.2, -0.15) is 0 Å². The minimum atomic E-state index is -1.24. The lowest BCUT2D eigenvalue weighted by atomic mass is 9.91. The number of rotatable bonds is 8. The van der Waals surface area contributed by atoms with Gasteiger partial charge in [-0.3, -0.25) is 0 Å². The largest absolute Gasteiger partial charge is 0.409 e. The SMILES string of the molecule is C[Si](C)(C)CCOCn1cc(/C(N)=N/O)c2nc(-c3ccc(C4(O)COC4)cc3)c(F)cc21. The lowest BCUT2D eigenvalue weighted by Gasteiger charge is -2.36. The van der Waals surface area contributed by atoms with E-state index in [1.165, 1.54) is 6.07 Å². The van der Waals surface area contributed by atoms with Crippen molar-refractivity contribution < 1.29 is 24.2 Å². The molecule has 1 fully saturated rings. The molecule has 0 radical (unpaired) electrons. The highest BCUT2D eigenvalue weighted by molar-refractivity contribution is 6.76. The van der Waals surface area contributed by atoms with Crippen LogP contribution in [0.15, 0.2) is 41.7 Å². The van der Waals surface area contributed by atoms with Crippen molar-refractivity contribution in [1.82, 2.24) is 9.55 Å². The third-order valence-corrected chi connectivity index (χ3v) is 7.50. The molecule has 33 heavy (non-hydrogen) atoms. The average Bonchev–Trinajstić information content (AvgIpc) is 3.10. The van der Waals surface area contributed by atoms with Crippen molar-refractivity contribution in [1.29, 1.82) is 0 Å². The monoisotopic (exact) mass is 472 g/mol. The molecule has 0 atom stereocenters. The summed E-state index contributed by atoms with van der Waals surface area (Å²) >= 11 is 0. The van der Waals surface area contributed by atoms with Crippen LogP contribution in [0.5, 0.6) is 0 Å². The zero-order valence-electron chi connectivity index (χ0n) is 19.0. The van der Waals surface area contributed by atoms with Gasteiger partial charge in [-0.25, -0.2) is 9.37 Å². The third-order valence-electron chi connectivity index (χ3n) is 5.79. The maximum Gasteiger partial charge on any atom is 0.173 e. The van der Waals surface area contributed by atoms with Gasteiger partial charge >= 0.3 is 0 Å². The molecule has 1 aliphatic rings. The summed E-state index contributed by atoms with van der Waals surface area (Å²) in [6, 6.07) is 9.30. The lowest BCUT2D eigenvalue weighted by Crippen LogP contribution is -2.46. The fourth-order valence-electron chi connectivity index (χ4n) is 3.68. The van der Waals surface area contributed by atoms with Crippen LogP contribution in [0.4, 0.5) is 4.39 Å². The van der Waals surface area contributed by atoms with Crippen LogP contribution in [0, 0.1) is 5.82 Å². The Labute approximate surface area is 192 Å². The number of hydrogen-bond acceptors (Lipinski definition) is 6. The highest BCUT2D eigenvalue weighted by atomic mass is 28.3. The van der Waals surface area contributed by atoms with E-state index in [9.17, 15) is 10.3 Å². The summed E-state index contributed by atoms with van der Waals surface area (Å²) in [4.78, 5) is 4.52. The Morgan fingerprint density at radius 1 is 1.30 bits per heavy atom. The maximum absolute atomic E-state index is 15.1. The molecule has 0 saturated carbocycles. The van der Waals surface area contributed by atoms with Crippen LogP contribution < -0.4 is 5.73 Å². The molecule has 1 saturated heterocycles. The van der Waals surface area contributed by atoms with Crippen LogP contribution in [0.3, 0.4) is 0 Å². The number of aromatic nitrogens is 2. The molecule has 1 aromatic carbocycles. The molecule has 176 valence electrons. The van der Waals surface area contributed by atoms with Crippen molar-refractivity contribution in [2.45, 2.75) is 38.0 Å². The average molecular weight is 473 g/mol. The van der Waals surface area contributed by atoms with Gasteiger partial charge in [0, 0.05) is 32.5 Å². The molecule has 0 bridgehead atoms. The minimum absolute atomic E-state index is 0.117. The van der Waals surface area contributed by atoms with E-state index in [4.69, 9.17) is 15.2 Å². The van der Waals surface area contributed by atoms with Gasteiger partial charge in [0.2, 0.25) is 0 Å². The van der Waals surface area contributed by atoms with Crippen molar-refractivity contribution in [3.8, 4) is 11.3 Å². The summed E-state index contributed by atoms with van der Waals surface area (Å²) in [5.41, 5.74) is 7.56. The van der Waals surface area contributed by atoms with Crippen molar-refractivity contribution in [3.05, 3.63) is 53.5 Å². The number of halogens is 1. The molecule has 0 unspecified atom stereocenters. The molecule has 1 aliphatic heterocycles. The fraction of sp³-hybridized carbons (Fsp3) is 0.391. The molecular formula is C23H29FN4O4Si. The molecule has 4 N–H and O–H groups in total. The van der Waals surface area contributed by atoms with Gasteiger partial charge in [0.25, 0.3) is 0 Å². The van der Waals surface area contributed by atoms with E-state index in [0.717, 1.165) is 6.04 Å². The Morgan fingerprint density at radius 3 is 2.58 bits per heavy atom. The summed E-state index contributed by atoms with van der Waals surface area (Å²) in [6.07, 6.45) is 1.65. The molecule has 3 heterocycles. The maximum atomic E-state index is 15.1. The third kappa shape index (κ3) is 4.79. The van der Waals surface area contributed by atoms with E-state index in [-0.39, 0.29) is 31.5 Å². The first kappa shape index (κ1) is 23.4. The molecule has 10 heteroatoms. The molecule has 3 aromatic rings. The summed E-state index contributed by atoms with van der Waals surface area (Å²) < 4.78 is 27.8. The predicted molar refractivity (Wildman–Crippen MR) is 126 cm³/mol. The number of fused-ring (bicyclic) bond motifs is 1. The molecule has 0 amide bonds. The summed E-state index contributed by atoms with van der Waals surface area (Å²) in [7, 11) is -1.24. The second-order valence-corrected chi connectivity index (χ2v) is 15.3.